The molecule has 2 rings (SSSR count). The number of aromatic nitrogens is 2. The van der Waals surface area contributed by atoms with Crippen LogP contribution >= 0.6 is 34.2 Å². The summed E-state index contributed by atoms with van der Waals surface area (Å²) in [5, 5.41) is 0.715. The molecule has 0 bridgehead atoms. The van der Waals surface area contributed by atoms with Crippen molar-refractivity contribution in [3.8, 4) is 0 Å². The highest BCUT2D eigenvalue weighted by Crippen LogP contribution is 2.18. The highest BCUT2D eigenvalue weighted by molar-refractivity contribution is 14.1. The van der Waals surface area contributed by atoms with Crippen molar-refractivity contribution in [2.75, 3.05) is 0 Å². The van der Waals surface area contributed by atoms with Crippen molar-refractivity contribution in [2.45, 2.75) is 6.92 Å². The number of hydrogen-bond acceptors (Lipinski definition) is 1. The molecule has 62 valence electrons. The monoisotopic (exact) mass is 292 g/mol. The first kappa shape index (κ1) is 8.31. The van der Waals surface area contributed by atoms with Crippen LogP contribution in [0.15, 0.2) is 18.3 Å². The van der Waals surface area contributed by atoms with Gasteiger partial charge in [0.2, 0.25) is 0 Å². The third-order valence-electron chi connectivity index (χ3n) is 1.66. The fourth-order valence-corrected chi connectivity index (χ4v) is 2.29. The number of imidazole rings is 1. The summed E-state index contributed by atoms with van der Waals surface area (Å²) in [6.45, 7) is 2.01. The second kappa shape index (κ2) is 2.88. The number of halogens is 2. The number of hydrogen-bond donors (Lipinski definition) is 0. The van der Waals surface area contributed by atoms with E-state index < -0.39 is 0 Å². The van der Waals surface area contributed by atoms with Gasteiger partial charge in [-0.15, -0.1) is 0 Å². The maximum Gasteiger partial charge on any atom is 0.138 e. The summed E-state index contributed by atoms with van der Waals surface area (Å²) in [5.74, 6) is 0. The van der Waals surface area contributed by atoms with E-state index in [1.54, 1.807) is 6.20 Å². The molecule has 0 spiro atoms. The summed E-state index contributed by atoms with van der Waals surface area (Å²) in [5.41, 5.74) is 2.04. The van der Waals surface area contributed by atoms with Crippen molar-refractivity contribution in [1.29, 1.82) is 0 Å². The zero-order valence-corrected chi connectivity index (χ0v) is 9.30. The minimum absolute atomic E-state index is 0.715. The van der Waals surface area contributed by atoms with Gasteiger partial charge in [0.15, 0.2) is 0 Å². The lowest BCUT2D eigenvalue weighted by molar-refractivity contribution is 1.14. The predicted molar refractivity (Wildman–Crippen MR) is 57.7 cm³/mol. The molecule has 0 N–H and O–H groups in total. The van der Waals surface area contributed by atoms with E-state index in [2.05, 4.69) is 27.6 Å². The van der Waals surface area contributed by atoms with Crippen LogP contribution < -0.4 is 0 Å². The Kier molecular flexibility index (Phi) is 2.00. The van der Waals surface area contributed by atoms with Crippen LogP contribution in [-0.2, 0) is 0 Å². The lowest BCUT2D eigenvalue weighted by Gasteiger charge is -2.00. The largest absolute Gasteiger partial charge is 0.278 e. The van der Waals surface area contributed by atoms with E-state index in [0.29, 0.717) is 5.15 Å². The number of pyridine rings is 1. The molecule has 0 fully saturated rings. The van der Waals surface area contributed by atoms with E-state index in [1.165, 1.54) is 0 Å². The highest BCUT2D eigenvalue weighted by atomic mass is 127. The van der Waals surface area contributed by atoms with Gasteiger partial charge in [-0.1, -0.05) is 11.6 Å². The minimum atomic E-state index is 0.715. The van der Waals surface area contributed by atoms with Gasteiger partial charge >= 0.3 is 0 Å². The van der Waals surface area contributed by atoms with E-state index in [1.807, 2.05) is 23.5 Å². The Morgan fingerprint density at radius 2 is 2.25 bits per heavy atom. The fraction of sp³-hybridized carbons (Fsp3) is 0.125. The Morgan fingerprint density at radius 1 is 1.50 bits per heavy atom. The Morgan fingerprint density at radius 3 is 3.00 bits per heavy atom. The Bertz CT molecular complexity index is 436. The van der Waals surface area contributed by atoms with Gasteiger partial charge in [0.05, 0.1) is 6.20 Å². The summed E-state index contributed by atoms with van der Waals surface area (Å²) < 4.78 is 2.95. The fourth-order valence-electron chi connectivity index (χ4n) is 1.16. The van der Waals surface area contributed by atoms with Crippen LogP contribution in [0.5, 0.6) is 0 Å². The number of fused-ring (bicyclic) bond motifs is 1. The van der Waals surface area contributed by atoms with Gasteiger partial charge in [-0.25, -0.2) is 4.98 Å². The molecule has 0 atom stereocenters. The van der Waals surface area contributed by atoms with E-state index >= 15 is 0 Å². The Hall–Kier alpha value is -0.290. The average molecular weight is 293 g/mol. The van der Waals surface area contributed by atoms with Crippen molar-refractivity contribution in [2.24, 2.45) is 0 Å². The number of aryl methyl sites for hydroxylation is 1. The zero-order valence-electron chi connectivity index (χ0n) is 6.38. The summed E-state index contributed by atoms with van der Waals surface area (Å²) in [6, 6.07) is 3.94. The second-order valence-electron chi connectivity index (χ2n) is 2.63. The van der Waals surface area contributed by atoms with Crippen molar-refractivity contribution >= 4 is 39.8 Å². The molecule has 0 aromatic carbocycles. The molecule has 0 saturated carbocycles. The molecule has 0 aliphatic rings. The normalized spacial score (nSPS) is 10.9. The van der Waals surface area contributed by atoms with E-state index in [4.69, 9.17) is 11.6 Å². The zero-order chi connectivity index (χ0) is 8.72. The van der Waals surface area contributed by atoms with E-state index in [9.17, 15) is 0 Å². The number of rotatable bonds is 0. The SMILES string of the molecule is Cc1cc(Cl)n2c(I)cnc2c1. The van der Waals surface area contributed by atoms with Crippen LogP contribution in [0.2, 0.25) is 5.15 Å². The minimum Gasteiger partial charge on any atom is -0.278 e. The molecule has 2 heterocycles. The molecule has 0 radical (unpaired) electrons. The summed E-state index contributed by atoms with van der Waals surface area (Å²) in [4.78, 5) is 4.21. The topological polar surface area (TPSA) is 17.3 Å². The quantitative estimate of drug-likeness (QED) is 0.539. The molecule has 12 heavy (non-hydrogen) atoms. The lowest BCUT2D eigenvalue weighted by Crippen LogP contribution is -1.89. The third-order valence-corrected chi connectivity index (χ3v) is 2.70. The van der Waals surface area contributed by atoms with E-state index in [-0.39, 0.29) is 0 Å². The average Bonchev–Trinajstić information content (AvgIpc) is 2.31. The van der Waals surface area contributed by atoms with Crippen molar-refractivity contribution in [3.05, 3.63) is 32.7 Å². The highest BCUT2D eigenvalue weighted by Gasteiger charge is 2.03. The van der Waals surface area contributed by atoms with Gasteiger partial charge < -0.3 is 0 Å². The molecule has 0 saturated heterocycles. The van der Waals surface area contributed by atoms with Crippen LogP contribution in [-0.4, -0.2) is 9.38 Å². The van der Waals surface area contributed by atoms with Gasteiger partial charge in [0.1, 0.15) is 14.5 Å². The van der Waals surface area contributed by atoms with Crippen LogP contribution in [0.3, 0.4) is 0 Å². The molecule has 0 unspecified atom stereocenters. The molecule has 4 heteroatoms. The first-order chi connectivity index (χ1) is 5.68. The molecule has 0 aliphatic heterocycles. The molecular formula is C8H6ClIN2. The lowest BCUT2D eigenvalue weighted by atomic mass is 10.3. The Labute approximate surface area is 88.7 Å². The first-order valence-corrected chi connectivity index (χ1v) is 4.93. The molecule has 2 aromatic heterocycles. The van der Waals surface area contributed by atoms with Gasteiger partial charge in [-0.05, 0) is 47.2 Å². The maximum atomic E-state index is 6.03. The molecule has 0 aliphatic carbocycles. The summed E-state index contributed by atoms with van der Waals surface area (Å²) in [7, 11) is 0. The van der Waals surface area contributed by atoms with Crippen LogP contribution in [0, 0.1) is 10.6 Å². The first-order valence-electron chi connectivity index (χ1n) is 3.47. The molecule has 0 amide bonds. The summed E-state index contributed by atoms with van der Waals surface area (Å²) in [6.07, 6.45) is 1.81. The smallest absolute Gasteiger partial charge is 0.138 e. The molecule has 2 aromatic rings. The van der Waals surface area contributed by atoms with E-state index in [0.717, 1.165) is 14.9 Å². The van der Waals surface area contributed by atoms with Gasteiger partial charge in [0.25, 0.3) is 0 Å². The second-order valence-corrected chi connectivity index (χ2v) is 4.12. The number of nitrogens with zero attached hydrogens (tertiary/aromatic N) is 2. The van der Waals surface area contributed by atoms with Crippen LogP contribution in [0.25, 0.3) is 5.65 Å². The van der Waals surface area contributed by atoms with Gasteiger partial charge in [-0.2, -0.15) is 0 Å². The van der Waals surface area contributed by atoms with Crippen molar-refractivity contribution in [3.63, 3.8) is 0 Å². The molecule has 2 nitrogen and oxygen atoms in total. The van der Waals surface area contributed by atoms with Crippen molar-refractivity contribution in [1.82, 2.24) is 9.38 Å². The van der Waals surface area contributed by atoms with Crippen LogP contribution in [0.1, 0.15) is 5.56 Å². The molecular weight excluding hydrogens is 286 g/mol. The summed E-state index contributed by atoms with van der Waals surface area (Å²) >= 11 is 8.23. The third kappa shape index (κ3) is 1.21. The maximum absolute atomic E-state index is 6.03. The van der Waals surface area contributed by atoms with Crippen LogP contribution in [0.4, 0.5) is 0 Å². The van der Waals surface area contributed by atoms with Gasteiger partial charge in [-0.3, -0.25) is 4.40 Å². The van der Waals surface area contributed by atoms with Gasteiger partial charge in [0, 0.05) is 0 Å². The predicted octanol–water partition coefficient (Wildman–Crippen LogP) is 2.90. The standard InChI is InChI=1S/C8H6ClIN2/c1-5-2-6(9)12-7(10)4-11-8(12)3-5/h2-4H,1H3. The van der Waals surface area contributed by atoms with Crippen molar-refractivity contribution < 1.29 is 0 Å². The Balaban J connectivity index is 2.93.